The van der Waals surface area contributed by atoms with Crippen molar-refractivity contribution >= 4 is 20.7 Å². The predicted molar refractivity (Wildman–Crippen MR) is 99.5 cm³/mol. The highest BCUT2D eigenvalue weighted by Gasteiger charge is 2.36. The molecule has 0 bridgehead atoms. The van der Waals surface area contributed by atoms with Gasteiger partial charge in [-0.3, -0.25) is 0 Å². The van der Waals surface area contributed by atoms with Crippen molar-refractivity contribution in [3.63, 3.8) is 0 Å². The van der Waals surface area contributed by atoms with Crippen molar-refractivity contribution in [3.05, 3.63) is 24.3 Å². The van der Waals surface area contributed by atoms with Crippen LogP contribution < -0.4 is 0 Å². The molecule has 0 heterocycles. The first-order valence-electron chi connectivity index (χ1n) is 8.11. The largest absolute Gasteiger partial charge is 0.500 e. The van der Waals surface area contributed by atoms with E-state index in [1.54, 1.807) is 35.2 Å². The molecule has 0 aliphatic carbocycles. The molecule has 0 radical (unpaired) electrons. The van der Waals surface area contributed by atoms with Crippen LogP contribution in [0.2, 0.25) is 6.04 Å². The summed E-state index contributed by atoms with van der Waals surface area (Å²) < 4.78 is 25.3. The second-order valence-electron chi connectivity index (χ2n) is 5.31. The van der Waals surface area contributed by atoms with Gasteiger partial charge in [-0.25, -0.2) is 9.59 Å². The number of carbonyl (C=O) groups is 2. The summed E-state index contributed by atoms with van der Waals surface area (Å²) in [6.07, 6.45) is 1.12. The van der Waals surface area contributed by atoms with E-state index in [-0.39, 0.29) is 19.2 Å². The van der Waals surface area contributed by atoms with E-state index < -0.39 is 14.8 Å². The van der Waals surface area contributed by atoms with Gasteiger partial charge in [-0.05, 0) is 20.3 Å². The highest BCUT2D eigenvalue weighted by Crippen LogP contribution is 2.14. The molecular weight excluding hydrogens is 360 g/mol. The molecule has 9 heteroatoms. The molecule has 0 aromatic carbocycles. The molecule has 26 heavy (non-hydrogen) atoms. The molecule has 1 N–H and O–H groups in total. The number of aliphatic hydroxyl groups is 1. The molecule has 0 rings (SSSR count). The van der Waals surface area contributed by atoms with Crippen LogP contribution in [-0.4, -0.2) is 67.0 Å². The SMILES string of the molecule is C=C(C)C(=O)OCCCO.C=C(C)C(=O)OCCC[Si](OC)(OC)OC. The zero-order chi connectivity index (χ0) is 20.6. The van der Waals surface area contributed by atoms with Gasteiger partial charge in [0.1, 0.15) is 0 Å². The van der Waals surface area contributed by atoms with E-state index in [1.165, 1.54) is 0 Å². The quantitative estimate of drug-likeness (QED) is 0.232. The molecule has 0 spiro atoms. The van der Waals surface area contributed by atoms with E-state index in [1.807, 2.05) is 0 Å². The molecule has 0 aromatic rings. The minimum atomic E-state index is -2.53. The second-order valence-corrected chi connectivity index (χ2v) is 8.40. The normalized spacial score (nSPS) is 10.4. The van der Waals surface area contributed by atoms with E-state index in [9.17, 15) is 9.59 Å². The average molecular weight is 393 g/mol. The van der Waals surface area contributed by atoms with Gasteiger partial charge in [-0.1, -0.05) is 13.2 Å². The molecule has 0 saturated carbocycles. The van der Waals surface area contributed by atoms with Crippen LogP contribution in [-0.2, 0) is 32.3 Å². The van der Waals surface area contributed by atoms with Crippen LogP contribution in [0.4, 0.5) is 0 Å². The fourth-order valence-corrected chi connectivity index (χ4v) is 3.18. The van der Waals surface area contributed by atoms with E-state index >= 15 is 0 Å². The minimum Gasteiger partial charge on any atom is -0.462 e. The van der Waals surface area contributed by atoms with E-state index in [0.717, 1.165) is 0 Å². The Bertz CT molecular complexity index is 438. The lowest BCUT2D eigenvalue weighted by Gasteiger charge is -2.24. The molecule has 0 fully saturated rings. The Kier molecular flexibility index (Phi) is 16.1. The van der Waals surface area contributed by atoms with Gasteiger partial charge in [-0.2, -0.15) is 0 Å². The van der Waals surface area contributed by atoms with Crippen LogP contribution in [0.1, 0.15) is 26.7 Å². The molecule has 0 aliphatic heterocycles. The minimum absolute atomic E-state index is 0.0451. The Morgan fingerprint density at radius 3 is 1.54 bits per heavy atom. The third-order valence-corrected chi connectivity index (χ3v) is 5.86. The smallest absolute Gasteiger partial charge is 0.462 e. The van der Waals surface area contributed by atoms with Gasteiger partial charge >= 0.3 is 20.7 Å². The van der Waals surface area contributed by atoms with Crippen molar-refractivity contribution < 1.29 is 37.4 Å². The number of aliphatic hydroxyl groups excluding tert-OH is 1. The number of hydrogen-bond acceptors (Lipinski definition) is 8. The zero-order valence-corrected chi connectivity index (χ0v) is 17.5. The summed E-state index contributed by atoms with van der Waals surface area (Å²) in [5.74, 6) is -0.770. The summed E-state index contributed by atoms with van der Waals surface area (Å²) in [6, 6.07) is 0.611. The Morgan fingerprint density at radius 1 is 0.846 bits per heavy atom. The summed E-state index contributed by atoms with van der Waals surface area (Å²) in [6.45, 7) is 10.7. The van der Waals surface area contributed by atoms with Crippen LogP contribution in [0.5, 0.6) is 0 Å². The van der Waals surface area contributed by atoms with Crippen LogP contribution >= 0.6 is 0 Å². The molecular formula is C17H32O8Si. The third-order valence-electron chi connectivity index (χ3n) is 3.03. The molecule has 8 nitrogen and oxygen atoms in total. The van der Waals surface area contributed by atoms with E-state index in [0.29, 0.717) is 36.6 Å². The van der Waals surface area contributed by atoms with Crippen LogP contribution in [0.3, 0.4) is 0 Å². The van der Waals surface area contributed by atoms with Crippen LogP contribution in [0.25, 0.3) is 0 Å². The fraction of sp³-hybridized carbons (Fsp3) is 0.647. The topological polar surface area (TPSA) is 101 Å². The van der Waals surface area contributed by atoms with Crippen molar-refractivity contribution in [1.82, 2.24) is 0 Å². The zero-order valence-electron chi connectivity index (χ0n) is 16.5. The number of hydrogen-bond donors (Lipinski definition) is 1. The van der Waals surface area contributed by atoms with Crippen LogP contribution in [0, 0.1) is 0 Å². The van der Waals surface area contributed by atoms with Crippen molar-refractivity contribution in [2.75, 3.05) is 41.2 Å². The standard InChI is InChI=1S/C10H20O5Si.C7H12O3/c1-9(2)10(11)15-7-6-8-16(12-3,13-4)14-5;1-6(2)7(9)10-5-3-4-8/h1,6-8H2,2-5H3;8H,1,3-5H2,2H3. The number of rotatable bonds is 12. The fourth-order valence-electron chi connectivity index (χ4n) is 1.49. The lowest BCUT2D eigenvalue weighted by molar-refractivity contribution is -0.140. The molecule has 0 aliphatic rings. The lowest BCUT2D eigenvalue weighted by atomic mass is 10.4. The molecule has 0 unspecified atom stereocenters. The van der Waals surface area contributed by atoms with Gasteiger partial charge in [0, 0.05) is 51.5 Å². The van der Waals surface area contributed by atoms with Crippen molar-refractivity contribution in [2.45, 2.75) is 32.7 Å². The van der Waals surface area contributed by atoms with Gasteiger partial charge in [-0.15, -0.1) is 0 Å². The van der Waals surface area contributed by atoms with E-state index in [2.05, 4.69) is 17.9 Å². The van der Waals surface area contributed by atoms with Crippen LogP contribution in [0.15, 0.2) is 24.3 Å². The predicted octanol–water partition coefficient (Wildman–Crippen LogP) is 1.86. The van der Waals surface area contributed by atoms with Gasteiger partial charge in [0.15, 0.2) is 0 Å². The highest BCUT2D eigenvalue weighted by molar-refractivity contribution is 6.60. The Morgan fingerprint density at radius 2 is 1.23 bits per heavy atom. The maximum absolute atomic E-state index is 11.1. The number of ether oxygens (including phenoxy) is 2. The first-order chi connectivity index (χ1) is 12.2. The van der Waals surface area contributed by atoms with Gasteiger partial charge < -0.3 is 27.9 Å². The first kappa shape index (κ1) is 26.7. The van der Waals surface area contributed by atoms with Gasteiger partial charge in [0.05, 0.1) is 13.2 Å². The average Bonchev–Trinajstić information content (AvgIpc) is 2.62. The third kappa shape index (κ3) is 12.8. The lowest BCUT2D eigenvalue weighted by Crippen LogP contribution is -2.42. The van der Waals surface area contributed by atoms with Gasteiger partial charge in [0.25, 0.3) is 0 Å². The summed E-state index contributed by atoms with van der Waals surface area (Å²) in [7, 11) is 2.13. The monoisotopic (exact) mass is 392 g/mol. The van der Waals surface area contributed by atoms with Crippen molar-refractivity contribution in [3.8, 4) is 0 Å². The summed E-state index contributed by atoms with van der Waals surface area (Å²) in [5.41, 5.74) is 0.784. The second kappa shape index (κ2) is 15.7. The van der Waals surface area contributed by atoms with Crippen molar-refractivity contribution in [2.24, 2.45) is 0 Å². The Balaban J connectivity index is 0. The van der Waals surface area contributed by atoms with E-state index in [4.69, 9.17) is 23.1 Å². The summed E-state index contributed by atoms with van der Waals surface area (Å²) in [5, 5.41) is 8.30. The summed E-state index contributed by atoms with van der Waals surface area (Å²) in [4.78, 5) is 21.7. The molecule has 0 saturated heterocycles. The Hall–Kier alpha value is -1.52. The molecule has 0 aromatic heterocycles. The molecule has 0 amide bonds. The summed E-state index contributed by atoms with van der Waals surface area (Å²) >= 11 is 0. The highest BCUT2D eigenvalue weighted by atomic mass is 28.4. The molecule has 152 valence electrons. The first-order valence-corrected chi connectivity index (χ1v) is 10.0. The number of carbonyl (C=O) groups excluding carboxylic acids is 2. The maximum atomic E-state index is 11.1. The van der Waals surface area contributed by atoms with Gasteiger partial charge in [0.2, 0.25) is 0 Å². The maximum Gasteiger partial charge on any atom is 0.500 e. The molecule has 0 atom stereocenters. The Labute approximate surface area is 157 Å². The number of esters is 2. The van der Waals surface area contributed by atoms with Crippen molar-refractivity contribution in [1.29, 1.82) is 0 Å².